The standard InChI is InChI=1S/C19H20ClN3O3S/c1-12-11-27-17(21-12)10-18(24)22-4-6-23(7-5-22)19(25)16-9-13-8-14(20)2-3-15(13)26-16/h2-3,8,11,16H,4-7,9-10H2,1H3/t16-/m1/s1. The van der Waals surface area contributed by atoms with Crippen molar-refractivity contribution in [3.8, 4) is 5.75 Å². The van der Waals surface area contributed by atoms with Gasteiger partial charge >= 0.3 is 0 Å². The van der Waals surface area contributed by atoms with Crippen LogP contribution in [0.15, 0.2) is 23.6 Å². The summed E-state index contributed by atoms with van der Waals surface area (Å²) in [6.45, 7) is 4.06. The van der Waals surface area contributed by atoms with E-state index in [0.29, 0.717) is 44.0 Å². The summed E-state index contributed by atoms with van der Waals surface area (Å²) in [5.41, 5.74) is 1.91. The zero-order valence-electron chi connectivity index (χ0n) is 15.0. The number of piperazine rings is 1. The van der Waals surface area contributed by atoms with Gasteiger partial charge < -0.3 is 14.5 Å². The molecule has 1 aromatic heterocycles. The third-order valence-electron chi connectivity index (χ3n) is 4.89. The molecule has 0 saturated carbocycles. The zero-order chi connectivity index (χ0) is 19.0. The summed E-state index contributed by atoms with van der Waals surface area (Å²) in [5.74, 6) is 0.769. The van der Waals surface area contributed by atoms with E-state index in [0.717, 1.165) is 22.0 Å². The minimum atomic E-state index is -0.501. The zero-order valence-corrected chi connectivity index (χ0v) is 16.6. The molecule has 1 fully saturated rings. The van der Waals surface area contributed by atoms with Crippen LogP contribution in [0.2, 0.25) is 5.02 Å². The SMILES string of the molecule is Cc1csc(CC(=O)N2CCN(C(=O)[C@H]3Cc4cc(Cl)ccc4O3)CC2)n1. The molecule has 2 amide bonds. The van der Waals surface area contributed by atoms with Crippen LogP contribution in [0.5, 0.6) is 5.75 Å². The molecule has 8 heteroatoms. The van der Waals surface area contributed by atoms with Gasteiger partial charge in [-0.15, -0.1) is 11.3 Å². The maximum absolute atomic E-state index is 12.8. The Hall–Kier alpha value is -2.12. The molecule has 2 aliphatic heterocycles. The van der Waals surface area contributed by atoms with Gasteiger partial charge in [0.1, 0.15) is 10.8 Å². The van der Waals surface area contributed by atoms with Crippen molar-refractivity contribution < 1.29 is 14.3 Å². The van der Waals surface area contributed by atoms with E-state index in [1.165, 1.54) is 11.3 Å². The second-order valence-electron chi connectivity index (χ2n) is 6.83. The Morgan fingerprint density at radius 3 is 2.70 bits per heavy atom. The Morgan fingerprint density at radius 1 is 1.26 bits per heavy atom. The first-order valence-electron chi connectivity index (χ1n) is 8.92. The summed E-state index contributed by atoms with van der Waals surface area (Å²) in [6, 6.07) is 5.42. The predicted octanol–water partition coefficient (Wildman–Crippen LogP) is 2.32. The highest BCUT2D eigenvalue weighted by molar-refractivity contribution is 7.09. The number of fused-ring (bicyclic) bond motifs is 1. The number of hydrogen-bond acceptors (Lipinski definition) is 5. The van der Waals surface area contributed by atoms with Gasteiger partial charge in [0.2, 0.25) is 5.91 Å². The van der Waals surface area contributed by atoms with Crippen LogP contribution in [0, 0.1) is 6.92 Å². The van der Waals surface area contributed by atoms with Crippen molar-refractivity contribution >= 4 is 34.8 Å². The molecule has 0 unspecified atom stereocenters. The number of hydrogen-bond donors (Lipinski definition) is 0. The van der Waals surface area contributed by atoms with Crippen molar-refractivity contribution in [3.05, 3.63) is 44.9 Å². The molecule has 3 heterocycles. The molecule has 27 heavy (non-hydrogen) atoms. The Morgan fingerprint density at radius 2 is 2.00 bits per heavy atom. The van der Waals surface area contributed by atoms with Gasteiger partial charge in [-0.1, -0.05) is 11.6 Å². The second kappa shape index (κ2) is 7.48. The average Bonchev–Trinajstić information content (AvgIpc) is 3.26. The van der Waals surface area contributed by atoms with E-state index in [4.69, 9.17) is 16.3 Å². The topological polar surface area (TPSA) is 62.7 Å². The van der Waals surface area contributed by atoms with E-state index < -0.39 is 6.10 Å². The number of amides is 2. The maximum atomic E-state index is 12.8. The summed E-state index contributed by atoms with van der Waals surface area (Å²) in [7, 11) is 0. The molecule has 0 spiro atoms. The van der Waals surface area contributed by atoms with Gasteiger partial charge in [-0.25, -0.2) is 4.98 Å². The first kappa shape index (κ1) is 18.3. The first-order chi connectivity index (χ1) is 13.0. The van der Waals surface area contributed by atoms with Crippen molar-refractivity contribution in [2.75, 3.05) is 26.2 Å². The molecule has 1 atom stereocenters. The molecule has 0 N–H and O–H groups in total. The number of ether oxygens (including phenoxy) is 1. The van der Waals surface area contributed by atoms with Crippen LogP contribution in [0.3, 0.4) is 0 Å². The number of nitrogens with zero attached hydrogens (tertiary/aromatic N) is 3. The van der Waals surface area contributed by atoms with Crippen LogP contribution >= 0.6 is 22.9 Å². The van der Waals surface area contributed by atoms with Crippen LogP contribution in [-0.2, 0) is 22.4 Å². The fourth-order valence-corrected chi connectivity index (χ4v) is 4.42. The van der Waals surface area contributed by atoms with Gasteiger partial charge in [0, 0.05) is 48.7 Å². The molecule has 6 nitrogen and oxygen atoms in total. The molecule has 2 aliphatic rings. The van der Waals surface area contributed by atoms with Gasteiger partial charge in [0.15, 0.2) is 6.10 Å². The Labute approximate surface area is 166 Å². The number of benzene rings is 1. The third-order valence-corrected chi connectivity index (χ3v) is 6.09. The number of carbonyl (C=O) groups is 2. The molecule has 0 radical (unpaired) electrons. The lowest BCUT2D eigenvalue weighted by Gasteiger charge is -2.35. The number of carbonyl (C=O) groups excluding carboxylic acids is 2. The number of halogens is 1. The molecular formula is C19H20ClN3O3S. The monoisotopic (exact) mass is 405 g/mol. The van der Waals surface area contributed by atoms with E-state index in [1.807, 2.05) is 29.3 Å². The Bertz CT molecular complexity index is 877. The average molecular weight is 406 g/mol. The van der Waals surface area contributed by atoms with Crippen LogP contribution in [0.4, 0.5) is 0 Å². The second-order valence-corrected chi connectivity index (χ2v) is 8.21. The van der Waals surface area contributed by atoms with Crippen molar-refractivity contribution in [1.29, 1.82) is 0 Å². The summed E-state index contributed by atoms with van der Waals surface area (Å²) in [4.78, 5) is 33.2. The molecule has 0 aliphatic carbocycles. The molecule has 142 valence electrons. The minimum absolute atomic E-state index is 0.0232. The highest BCUT2D eigenvalue weighted by Gasteiger charge is 2.34. The van der Waals surface area contributed by atoms with Gasteiger partial charge in [0.25, 0.3) is 5.91 Å². The highest BCUT2D eigenvalue weighted by atomic mass is 35.5. The predicted molar refractivity (Wildman–Crippen MR) is 103 cm³/mol. The van der Waals surface area contributed by atoms with E-state index in [9.17, 15) is 9.59 Å². The van der Waals surface area contributed by atoms with Crippen molar-refractivity contribution in [3.63, 3.8) is 0 Å². The van der Waals surface area contributed by atoms with Crippen LogP contribution in [0.25, 0.3) is 0 Å². The quantitative estimate of drug-likeness (QED) is 0.786. The Kier molecular flexibility index (Phi) is 5.06. The largest absolute Gasteiger partial charge is 0.480 e. The fourth-order valence-electron chi connectivity index (χ4n) is 3.46. The minimum Gasteiger partial charge on any atom is -0.480 e. The first-order valence-corrected chi connectivity index (χ1v) is 10.2. The summed E-state index contributed by atoms with van der Waals surface area (Å²) < 4.78 is 5.80. The summed E-state index contributed by atoms with van der Waals surface area (Å²) >= 11 is 7.52. The molecule has 4 rings (SSSR count). The van der Waals surface area contributed by atoms with Crippen LogP contribution in [0.1, 0.15) is 16.3 Å². The molecule has 1 aromatic carbocycles. The summed E-state index contributed by atoms with van der Waals surface area (Å²) in [6.07, 6.45) is 0.366. The molecule has 2 aromatic rings. The smallest absolute Gasteiger partial charge is 0.264 e. The van der Waals surface area contributed by atoms with Gasteiger partial charge in [-0.2, -0.15) is 0 Å². The van der Waals surface area contributed by atoms with Crippen molar-refractivity contribution in [2.45, 2.75) is 25.9 Å². The number of thiazole rings is 1. The third kappa shape index (κ3) is 3.94. The van der Waals surface area contributed by atoms with Crippen molar-refractivity contribution in [1.82, 2.24) is 14.8 Å². The molecular weight excluding hydrogens is 386 g/mol. The summed E-state index contributed by atoms with van der Waals surface area (Å²) in [5, 5.41) is 3.44. The highest BCUT2D eigenvalue weighted by Crippen LogP contribution is 2.31. The number of rotatable bonds is 3. The lowest BCUT2D eigenvalue weighted by atomic mass is 10.1. The lowest BCUT2D eigenvalue weighted by molar-refractivity contribution is -0.143. The van der Waals surface area contributed by atoms with E-state index in [-0.39, 0.29) is 11.8 Å². The fraction of sp³-hybridized carbons (Fsp3) is 0.421. The molecule has 1 saturated heterocycles. The number of aromatic nitrogens is 1. The van der Waals surface area contributed by atoms with Crippen molar-refractivity contribution in [2.24, 2.45) is 0 Å². The maximum Gasteiger partial charge on any atom is 0.264 e. The van der Waals surface area contributed by atoms with Crippen LogP contribution < -0.4 is 4.74 Å². The van der Waals surface area contributed by atoms with Gasteiger partial charge in [-0.05, 0) is 30.7 Å². The lowest BCUT2D eigenvalue weighted by Crippen LogP contribution is -2.53. The van der Waals surface area contributed by atoms with Gasteiger partial charge in [-0.3, -0.25) is 9.59 Å². The van der Waals surface area contributed by atoms with Gasteiger partial charge in [0.05, 0.1) is 6.42 Å². The molecule has 0 bridgehead atoms. The van der Waals surface area contributed by atoms with E-state index in [2.05, 4.69) is 4.98 Å². The van der Waals surface area contributed by atoms with Crippen LogP contribution in [-0.4, -0.2) is 58.9 Å². The normalized spacial score (nSPS) is 19.0. The Balaban J connectivity index is 1.30. The van der Waals surface area contributed by atoms with E-state index >= 15 is 0 Å². The van der Waals surface area contributed by atoms with E-state index in [1.54, 1.807) is 11.0 Å². The number of aryl methyl sites for hydroxylation is 1.